The molecule has 19 heavy (non-hydrogen) atoms. The lowest BCUT2D eigenvalue weighted by Gasteiger charge is -2.07. The Morgan fingerprint density at radius 3 is 2.32 bits per heavy atom. The van der Waals surface area contributed by atoms with Crippen LogP contribution in [0.25, 0.3) is 0 Å². The van der Waals surface area contributed by atoms with Crippen molar-refractivity contribution in [2.45, 2.75) is 83.8 Å². The molecule has 0 bridgehead atoms. The van der Waals surface area contributed by atoms with Crippen LogP contribution in [0.5, 0.6) is 0 Å². The first-order valence-corrected chi connectivity index (χ1v) is 7.55. The average Bonchev–Trinajstić information content (AvgIpc) is 2.42. The van der Waals surface area contributed by atoms with Gasteiger partial charge >= 0.3 is 0 Å². The molecular weight excluding hydrogens is 236 g/mol. The molecule has 2 unspecified atom stereocenters. The maximum atomic E-state index is 9.74. The highest BCUT2D eigenvalue weighted by Crippen LogP contribution is 2.09. The van der Waals surface area contributed by atoms with Crippen molar-refractivity contribution in [1.82, 2.24) is 0 Å². The van der Waals surface area contributed by atoms with Gasteiger partial charge in [0.2, 0.25) is 0 Å². The van der Waals surface area contributed by atoms with Gasteiger partial charge in [0.25, 0.3) is 0 Å². The van der Waals surface area contributed by atoms with Gasteiger partial charge in [0.05, 0.1) is 6.10 Å². The molecule has 2 N–H and O–H groups in total. The summed E-state index contributed by atoms with van der Waals surface area (Å²) in [4.78, 5) is 0. The zero-order valence-electron chi connectivity index (χ0n) is 12.4. The van der Waals surface area contributed by atoms with Gasteiger partial charge in [-0.05, 0) is 31.1 Å². The minimum atomic E-state index is -0.567. The monoisotopic (exact) mass is 264 g/mol. The van der Waals surface area contributed by atoms with E-state index in [2.05, 4.69) is 30.6 Å². The second-order valence-corrected chi connectivity index (χ2v) is 4.89. The van der Waals surface area contributed by atoms with Gasteiger partial charge < -0.3 is 10.2 Å². The summed E-state index contributed by atoms with van der Waals surface area (Å²) in [6.07, 6.45) is 8.26. The summed E-state index contributed by atoms with van der Waals surface area (Å²) in [5.74, 6) is 10.9. The van der Waals surface area contributed by atoms with Gasteiger partial charge in [0.1, 0.15) is 6.10 Å². The summed E-state index contributed by atoms with van der Waals surface area (Å²) in [6.45, 7) is 4.08. The molecule has 0 aliphatic rings. The first-order chi connectivity index (χ1) is 9.20. The molecule has 0 aliphatic heterocycles. The van der Waals surface area contributed by atoms with Gasteiger partial charge in [-0.1, -0.05) is 57.8 Å². The number of hydrogen-bond donors (Lipinski definition) is 2. The summed E-state index contributed by atoms with van der Waals surface area (Å²) < 4.78 is 0. The molecule has 108 valence electrons. The standard InChI is InChI=1S/C17H28O2/c1-3-5-6-7-11-14-17(19)15-12-9-8-10-13-16(18)4-2/h16-19H,3-7,11-12,14-15H2,1-2H3. The lowest BCUT2D eigenvalue weighted by molar-refractivity contribution is 0.152. The third-order valence-corrected chi connectivity index (χ3v) is 3.02. The fraction of sp³-hybridized carbons (Fsp3) is 0.765. The summed E-state index contributed by atoms with van der Waals surface area (Å²) in [6, 6.07) is 0. The van der Waals surface area contributed by atoms with Crippen LogP contribution in [-0.2, 0) is 0 Å². The van der Waals surface area contributed by atoms with E-state index in [1.807, 2.05) is 6.92 Å². The normalized spacial score (nSPS) is 12.8. The smallest absolute Gasteiger partial charge is 0.115 e. The highest BCUT2D eigenvalue weighted by molar-refractivity contribution is 5.27. The molecule has 2 heteroatoms. The number of aliphatic hydroxyl groups excluding tert-OH is 2. The van der Waals surface area contributed by atoms with E-state index in [0.29, 0.717) is 12.8 Å². The average molecular weight is 264 g/mol. The molecule has 0 fully saturated rings. The first-order valence-electron chi connectivity index (χ1n) is 7.55. The van der Waals surface area contributed by atoms with Crippen LogP contribution in [0.15, 0.2) is 0 Å². The first kappa shape index (κ1) is 18.0. The Morgan fingerprint density at radius 1 is 0.895 bits per heavy atom. The molecule has 0 radical (unpaired) electrons. The Balaban J connectivity index is 3.54. The van der Waals surface area contributed by atoms with Crippen LogP contribution in [0, 0.1) is 23.7 Å². The zero-order chi connectivity index (χ0) is 14.3. The van der Waals surface area contributed by atoms with Crippen molar-refractivity contribution in [1.29, 1.82) is 0 Å². The van der Waals surface area contributed by atoms with E-state index in [1.54, 1.807) is 0 Å². The fourth-order valence-corrected chi connectivity index (χ4v) is 1.69. The van der Waals surface area contributed by atoms with Crippen LogP contribution >= 0.6 is 0 Å². The second kappa shape index (κ2) is 13.5. The van der Waals surface area contributed by atoms with Gasteiger partial charge in [-0.3, -0.25) is 0 Å². The van der Waals surface area contributed by atoms with Gasteiger partial charge in [-0.2, -0.15) is 0 Å². The van der Waals surface area contributed by atoms with Crippen LogP contribution in [0.4, 0.5) is 0 Å². The van der Waals surface area contributed by atoms with Crippen LogP contribution in [0.3, 0.4) is 0 Å². The summed E-state index contributed by atoms with van der Waals surface area (Å²) in [5, 5.41) is 18.9. The van der Waals surface area contributed by atoms with E-state index in [9.17, 15) is 10.2 Å². The van der Waals surface area contributed by atoms with Crippen molar-refractivity contribution in [3.63, 3.8) is 0 Å². The van der Waals surface area contributed by atoms with E-state index in [-0.39, 0.29) is 6.10 Å². The molecule has 0 aromatic rings. The lowest BCUT2D eigenvalue weighted by Crippen LogP contribution is -2.05. The van der Waals surface area contributed by atoms with Gasteiger partial charge in [0, 0.05) is 6.42 Å². The van der Waals surface area contributed by atoms with E-state index in [1.165, 1.54) is 25.7 Å². The third kappa shape index (κ3) is 13.3. The predicted molar refractivity (Wildman–Crippen MR) is 80.5 cm³/mol. The third-order valence-electron chi connectivity index (χ3n) is 3.02. The van der Waals surface area contributed by atoms with E-state index in [0.717, 1.165) is 19.3 Å². The molecular formula is C17H28O2. The molecule has 0 amide bonds. The Morgan fingerprint density at radius 2 is 1.63 bits per heavy atom. The molecule has 0 aromatic heterocycles. The highest BCUT2D eigenvalue weighted by Gasteiger charge is 2.02. The van der Waals surface area contributed by atoms with Crippen molar-refractivity contribution in [2.75, 3.05) is 0 Å². The molecule has 0 rings (SSSR count). The molecule has 2 nitrogen and oxygen atoms in total. The van der Waals surface area contributed by atoms with E-state index in [4.69, 9.17) is 0 Å². The predicted octanol–water partition coefficient (Wildman–Crippen LogP) is 3.27. The molecule has 0 heterocycles. The van der Waals surface area contributed by atoms with Gasteiger partial charge in [-0.15, -0.1) is 0 Å². The van der Waals surface area contributed by atoms with Crippen molar-refractivity contribution in [3.05, 3.63) is 0 Å². The maximum absolute atomic E-state index is 9.74. The Hall–Kier alpha value is -0.960. The Kier molecular flexibility index (Phi) is 12.8. The van der Waals surface area contributed by atoms with E-state index >= 15 is 0 Å². The van der Waals surface area contributed by atoms with Crippen molar-refractivity contribution in [2.24, 2.45) is 0 Å². The number of hydrogen-bond acceptors (Lipinski definition) is 2. The lowest BCUT2D eigenvalue weighted by atomic mass is 10.1. The topological polar surface area (TPSA) is 40.5 Å². The van der Waals surface area contributed by atoms with Crippen molar-refractivity contribution in [3.8, 4) is 23.7 Å². The zero-order valence-corrected chi connectivity index (χ0v) is 12.4. The molecule has 0 aliphatic carbocycles. The molecule has 0 spiro atoms. The molecule has 0 saturated heterocycles. The largest absolute Gasteiger partial charge is 0.393 e. The number of rotatable bonds is 9. The maximum Gasteiger partial charge on any atom is 0.115 e. The van der Waals surface area contributed by atoms with Crippen molar-refractivity contribution < 1.29 is 10.2 Å². The molecule has 2 atom stereocenters. The Bertz CT molecular complexity index is 314. The van der Waals surface area contributed by atoms with Crippen LogP contribution in [0.1, 0.15) is 71.6 Å². The van der Waals surface area contributed by atoms with Gasteiger partial charge in [0.15, 0.2) is 0 Å². The Labute approximate surface area is 118 Å². The van der Waals surface area contributed by atoms with Crippen LogP contribution in [-0.4, -0.2) is 22.4 Å². The molecule has 0 saturated carbocycles. The number of unbranched alkanes of at least 4 members (excludes halogenated alkanes) is 4. The summed E-state index contributed by atoms with van der Waals surface area (Å²) >= 11 is 0. The minimum Gasteiger partial charge on any atom is -0.393 e. The highest BCUT2D eigenvalue weighted by atomic mass is 16.3. The van der Waals surface area contributed by atoms with Crippen LogP contribution in [0.2, 0.25) is 0 Å². The van der Waals surface area contributed by atoms with Crippen LogP contribution < -0.4 is 0 Å². The molecule has 0 aromatic carbocycles. The van der Waals surface area contributed by atoms with Crippen molar-refractivity contribution >= 4 is 0 Å². The SMILES string of the molecule is CCCCCCCC(O)CCC#CC#CC(O)CC. The quantitative estimate of drug-likeness (QED) is 0.495. The second-order valence-electron chi connectivity index (χ2n) is 4.89. The van der Waals surface area contributed by atoms with E-state index < -0.39 is 6.10 Å². The minimum absolute atomic E-state index is 0.231. The summed E-state index contributed by atoms with van der Waals surface area (Å²) in [5.41, 5.74) is 0. The number of aliphatic hydroxyl groups is 2. The van der Waals surface area contributed by atoms with Gasteiger partial charge in [-0.25, -0.2) is 0 Å². The summed E-state index contributed by atoms with van der Waals surface area (Å²) in [7, 11) is 0. The fourth-order valence-electron chi connectivity index (χ4n) is 1.69.